The van der Waals surface area contributed by atoms with Crippen LogP contribution in [0.4, 0.5) is 23.7 Å². The van der Waals surface area contributed by atoms with E-state index in [-0.39, 0.29) is 11.5 Å². The number of rotatable bonds is 26. The van der Waals surface area contributed by atoms with Gasteiger partial charge in [0.2, 0.25) is 17.8 Å². The number of phosphoric ester groups is 4. The Hall–Kier alpha value is -6.49. The van der Waals surface area contributed by atoms with Crippen molar-refractivity contribution in [1.82, 2.24) is 68.1 Å². The van der Waals surface area contributed by atoms with E-state index in [0.717, 1.165) is 49.5 Å². The molecule has 11 heterocycles. The fourth-order valence-electron chi connectivity index (χ4n) is 10.3. The number of H-pyrrole nitrogens is 3. The average molecular weight is 1520 g/mol. The highest BCUT2D eigenvalue weighted by Crippen LogP contribution is 2.66. The molecule has 4 aliphatic rings. The quantitative estimate of drug-likeness (QED) is 0.0224. The van der Waals surface area contributed by atoms with Gasteiger partial charge in [-0.25, -0.2) is 47.1 Å². The Labute approximate surface area is 537 Å². The minimum atomic E-state index is -6.17. The largest absolute Gasteiger partial charge is 0.490 e. The van der Waals surface area contributed by atoms with Crippen LogP contribution in [0, 0.1) is 0 Å². The summed E-state index contributed by atoms with van der Waals surface area (Å²) in [5.41, 5.74) is 16.3. The molecule has 11 rings (SSSR count). The third-order valence-corrected chi connectivity index (χ3v) is 21.1. The van der Waals surface area contributed by atoms with Crippen molar-refractivity contribution >= 4 is 104 Å². The van der Waals surface area contributed by atoms with Crippen LogP contribution in [0.25, 0.3) is 33.5 Å². The van der Waals surface area contributed by atoms with E-state index in [2.05, 4.69) is 63.0 Å². The number of aliphatic hydroxyl groups is 5. The molecule has 538 valence electrons. The van der Waals surface area contributed by atoms with Crippen LogP contribution in [0.5, 0.6) is 0 Å². The molecule has 98 heavy (non-hydrogen) atoms. The number of aromatic nitrogens is 14. The third kappa shape index (κ3) is 15.5. The van der Waals surface area contributed by atoms with Gasteiger partial charge < -0.3 is 102 Å². The molecule has 4 fully saturated rings. The van der Waals surface area contributed by atoms with Crippen LogP contribution in [-0.2, 0) is 86.6 Å². The number of imidazole rings is 3. The number of nitrogens with zero attached hydrogens (tertiary/aromatic N) is 11. The molecule has 0 amide bonds. The Morgan fingerprint density at radius 1 is 0.429 bits per heavy atom. The SMILES string of the molecule is Nc1ccn([C@@H]2O[C@H](COP(=O)(O)O[C@H]3[C@@H](O)[C@H](n4cnc5c(=O)[nH]c(N)nc54)O[C@@H]3COP(=O)(O)O[C@H]3[C@@H](O)[C@H](n4cnc5c(=O)[nH]c(N)nc54)O[C@@H]3COP(=O)(O)O[C@H]3[C@@H](O)[C@H](n4cnc5c(=O)[nH]c(N)nc54)O[C@@H]3COP(=O)(O)OP(=O)(O)OP(=O)(O)O)[C@@H](O)[C@H]2O)c(=O)n1. The molecular formula is C39H52N18O35P6. The van der Waals surface area contributed by atoms with Crippen molar-refractivity contribution in [3.05, 3.63) is 72.8 Å². The molecule has 7 aromatic heterocycles. The monoisotopic (exact) mass is 1520 g/mol. The lowest BCUT2D eigenvalue weighted by Crippen LogP contribution is -2.38. The van der Waals surface area contributed by atoms with Gasteiger partial charge in [-0.15, -0.1) is 0 Å². The zero-order valence-electron chi connectivity index (χ0n) is 48.1. The van der Waals surface area contributed by atoms with E-state index < -0.39 is 240 Å². The number of nitrogen functional groups attached to an aromatic ring is 4. The summed E-state index contributed by atoms with van der Waals surface area (Å²) in [5.74, 6) is -1.77. The summed E-state index contributed by atoms with van der Waals surface area (Å²) in [7, 11) is -35.7. The number of phosphoric acid groups is 6. The van der Waals surface area contributed by atoms with Gasteiger partial charge in [0.15, 0.2) is 58.4 Å². The number of aliphatic hydroxyl groups excluding tert-OH is 5. The number of hydrogen-bond donors (Lipinski definition) is 19. The van der Waals surface area contributed by atoms with E-state index in [1.54, 1.807) is 0 Å². The van der Waals surface area contributed by atoms with E-state index in [4.69, 9.17) is 78.8 Å². The molecule has 4 saturated heterocycles. The number of ether oxygens (including phenoxy) is 4. The number of nitrogens with one attached hydrogen (secondary N) is 3. The summed E-state index contributed by atoms with van der Waals surface area (Å²) in [5, 5.41) is 56.9. The highest BCUT2D eigenvalue weighted by atomic mass is 31.3. The first-order valence-corrected chi connectivity index (χ1v) is 36.0. The van der Waals surface area contributed by atoms with Gasteiger partial charge in [-0.1, -0.05) is 0 Å². The number of anilines is 4. The van der Waals surface area contributed by atoms with E-state index in [1.807, 2.05) is 0 Å². The normalized spacial score (nSPS) is 30.8. The molecule has 59 heteroatoms. The van der Waals surface area contributed by atoms with Gasteiger partial charge in [-0.2, -0.15) is 28.6 Å². The Bertz CT molecular complexity index is 4760. The van der Waals surface area contributed by atoms with E-state index in [0.29, 0.717) is 0 Å². The number of fused-ring (bicyclic) bond motifs is 3. The molecule has 23 N–H and O–H groups in total. The molecule has 21 atom stereocenters. The van der Waals surface area contributed by atoms with Gasteiger partial charge in [0.05, 0.1) is 45.4 Å². The van der Waals surface area contributed by atoms with Gasteiger partial charge in [0.1, 0.15) is 79.1 Å². The summed E-state index contributed by atoms with van der Waals surface area (Å²) in [6.45, 7) is -5.46. The van der Waals surface area contributed by atoms with Gasteiger partial charge in [-0.3, -0.25) is 79.3 Å². The molecule has 5 unspecified atom stereocenters. The van der Waals surface area contributed by atoms with Crippen molar-refractivity contribution in [3.8, 4) is 0 Å². The first-order chi connectivity index (χ1) is 45.7. The second-order valence-corrected chi connectivity index (χ2v) is 29.6. The first kappa shape index (κ1) is 72.8. The molecule has 0 saturated carbocycles. The lowest BCUT2D eigenvalue weighted by Gasteiger charge is -2.26. The summed E-state index contributed by atoms with van der Waals surface area (Å²) in [6.07, 6.45) is -29.9. The lowest BCUT2D eigenvalue weighted by molar-refractivity contribution is -0.0640. The second-order valence-electron chi connectivity index (χ2n) is 21.0. The van der Waals surface area contributed by atoms with Crippen LogP contribution >= 0.6 is 46.9 Å². The summed E-state index contributed by atoms with van der Waals surface area (Å²) in [4.78, 5) is 156. The van der Waals surface area contributed by atoms with Crippen LogP contribution in [0.1, 0.15) is 24.9 Å². The summed E-state index contributed by atoms with van der Waals surface area (Å²) >= 11 is 0. The standard InChI is InChI=1S/C39H52N18O35P6/c40-14-1-2-54(39(66)47-14)32-19(59)18(58)10(84-32)3-80-94(70,71)88-23-11(85-33(20(23)60)55-7-44-15-26(55)48-36(41)51-29(15)63)4-81-95(72,73)89-24-12(86-34(21(24)61)56-8-45-16-27(56)49-37(42)52-30(16)64)5-82-96(74,75)90-25-13(6-83-97(76,77)92-98(78,79)91-93(67,68)69)87-35(22(25)62)57-9-46-17-28(57)50-38(43)53-31(17)65/h1-2,7-13,18-25,32-35,58-62H,3-6H2,(H,70,71)(H,72,73)(H,74,75)(H,76,77)(H,78,79)(H2,40,47,66)(H2,67,68,69)(H3,41,48,51,63)(H3,42,49,52,64)(H3,43,50,53,65)/t10-,11-,12-,13-,18-,19-,20-,21-,22-,23-,24-,25-,32-,33-,34-,35-/m1/s1. The van der Waals surface area contributed by atoms with Crippen LogP contribution in [0.15, 0.2) is 50.4 Å². The maximum atomic E-state index is 14.3. The fourth-order valence-corrected chi connectivity index (χ4v) is 16.2. The van der Waals surface area contributed by atoms with E-state index in [1.165, 1.54) is 0 Å². The Balaban J connectivity index is 0.843. The van der Waals surface area contributed by atoms with Gasteiger partial charge >= 0.3 is 52.6 Å². The Morgan fingerprint density at radius 3 is 1.10 bits per heavy atom. The van der Waals surface area contributed by atoms with Crippen molar-refractivity contribution < 1.29 is 146 Å². The molecule has 0 bridgehead atoms. The fraction of sp³-hybridized carbons (Fsp3) is 0.513. The van der Waals surface area contributed by atoms with Crippen LogP contribution in [0.3, 0.4) is 0 Å². The second kappa shape index (κ2) is 27.1. The van der Waals surface area contributed by atoms with Crippen molar-refractivity contribution in [1.29, 1.82) is 0 Å². The van der Waals surface area contributed by atoms with Gasteiger partial charge in [0, 0.05) is 6.20 Å². The highest BCUT2D eigenvalue weighted by Gasteiger charge is 2.56. The average Bonchev–Trinajstić information content (AvgIpc) is 1.62. The van der Waals surface area contributed by atoms with Crippen molar-refractivity contribution in [2.45, 2.75) is 98.2 Å². The highest BCUT2D eigenvalue weighted by molar-refractivity contribution is 7.66. The maximum Gasteiger partial charge on any atom is 0.490 e. The predicted molar refractivity (Wildman–Crippen MR) is 308 cm³/mol. The lowest BCUT2D eigenvalue weighted by atomic mass is 10.1. The minimum Gasteiger partial charge on any atom is -0.387 e. The number of hydrogen-bond acceptors (Lipinski definition) is 39. The molecular weight excluding hydrogens is 1470 g/mol. The topological polar surface area (TPSA) is 795 Å². The molecule has 4 aliphatic heterocycles. The van der Waals surface area contributed by atoms with Crippen molar-refractivity contribution in [2.24, 2.45) is 0 Å². The van der Waals surface area contributed by atoms with Crippen molar-refractivity contribution in [3.63, 3.8) is 0 Å². The molecule has 0 aliphatic carbocycles. The molecule has 53 nitrogen and oxygen atoms in total. The zero-order chi connectivity index (χ0) is 71.3. The number of aromatic amines is 3. The molecule has 0 spiro atoms. The van der Waals surface area contributed by atoms with E-state index in [9.17, 15) is 96.6 Å². The minimum absolute atomic E-state index is 0.218. The maximum absolute atomic E-state index is 14.3. The molecule has 0 radical (unpaired) electrons. The molecule has 7 aromatic rings. The summed E-state index contributed by atoms with van der Waals surface area (Å²) in [6, 6.07) is 1.15. The zero-order valence-corrected chi connectivity index (χ0v) is 53.5. The predicted octanol–water partition coefficient (Wildman–Crippen LogP) is -6.78. The van der Waals surface area contributed by atoms with Crippen LogP contribution in [0.2, 0.25) is 0 Å². The van der Waals surface area contributed by atoms with Crippen molar-refractivity contribution in [2.75, 3.05) is 49.4 Å². The van der Waals surface area contributed by atoms with Crippen LogP contribution < -0.4 is 45.3 Å². The van der Waals surface area contributed by atoms with Crippen LogP contribution in [-0.4, -0.2) is 228 Å². The van der Waals surface area contributed by atoms with E-state index >= 15 is 0 Å². The third-order valence-electron chi connectivity index (χ3n) is 14.4. The van der Waals surface area contributed by atoms with Gasteiger partial charge in [0.25, 0.3) is 16.7 Å². The Morgan fingerprint density at radius 2 is 0.755 bits per heavy atom. The smallest absolute Gasteiger partial charge is 0.387 e. The first-order valence-electron chi connectivity index (χ1n) is 27.0. The summed E-state index contributed by atoms with van der Waals surface area (Å²) < 4.78 is 148. The number of nitrogens with two attached hydrogens (primary N) is 4. The Kier molecular flexibility index (Phi) is 20.1. The van der Waals surface area contributed by atoms with Gasteiger partial charge in [-0.05, 0) is 6.07 Å². The molecule has 0 aromatic carbocycles.